The second-order valence-corrected chi connectivity index (χ2v) is 5.67. The Hall–Kier alpha value is -2.47. The first kappa shape index (κ1) is 16.9. The number of benzene rings is 2. The number of hydrazone groups is 1. The average Bonchev–Trinajstić information content (AvgIpc) is 2.55. The minimum atomic E-state index is -0.393. The highest BCUT2D eigenvalue weighted by molar-refractivity contribution is 9.10. The van der Waals surface area contributed by atoms with Crippen LogP contribution in [0, 0.1) is 6.92 Å². The second-order valence-electron chi connectivity index (χ2n) is 4.81. The van der Waals surface area contributed by atoms with Crippen LogP contribution in [-0.2, 0) is 4.79 Å². The molecule has 2 N–H and O–H groups in total. The first-order chi connectivity index (χ1) is 11.1. The molecule has 0 aliphatic carbocycles. The van der Waals surface area contributed by atoms with E-state index in [0.717, 1.165) is 15.6 Å². The van der Waals surface area contributed by atoms with Crippen molar-refractivity contribution in [3.05, 3.63) is 69.7 Å². The molecule has 2 aromatic carbocycles. The number of nitrogens with zero attached hydrogens (tertiary/aromatic N) is 1. The summed E-state index contributed by atoms with van der Waals surface area (Å²) in [4.78, 5) is 23.7. The summed E-state index contributed by atoms with van der Waals surface area (Å²) in [6.45, 7) is 1.71. The lowest BCUT2D eigenvalue weighted by atomic mass is 10.1. The van der Waals surface area contributed by atoms with Crippen molar-refractivity contribution in [2.24, 2.45) is 5.10 Å². The van der Waals surface area contributed by atoms with Crippen molar-refractivity contribution in [3.8, 4) is 0 Å². The van der Waals surface area contributed by atoms with Crippen LogP contribution in [0.3, 0.4) is 0 Å². The summed E-state index contributed by atoms with van der Waals surface area (Å²) in [6, 6.07) is 14.7. The number of carbonyl (C=O) groups is 2. The van der Waals surface area contributed by atoms with Crippen molar-refractivity contribution in [2.75, 3.05) is 6.54 Å². The van der Waals surface area contributed by atoms with Crippen molar-refractivity contribution in [2.45, 2.75) is 6.92 Å². The summed E-state index contributed by atoms with van der Waals surface area (Å²) in [5.74, 6) is -0.678. The van der Waals surface area contributed by atoms with Crippen molar-refractivity contribution in [1.82, 2.24) is 10.7 Å². The molecule has 2 rings (SSSR count). The lowest BCUT2D eigenvalue weighted by molar-refractivity contribution is -0.120. The van der Waals surface area contributed by atoms with Gasteiger partial charge < -0.3 is 5.32 Å². The van der Waals surface area contributed by atoms with Gasteiger partial charge >= 0.3 is 0 Å². The van der Waals surface area contributed by atoms with Crippen molar-refractivity contribution >= 4 is 34.0 Å². The van der Waals surface area contributed by atoms with Crippen molar-refractivity contribution in [1.29, 1.82) is 0 Å². The number of carbonyl (C=O) groups excluding carboxylic acids is 2. The van der Waals surface area contributed by atoms with Crippen LogP contribution in [0.15, 0.2) is 58.1 Å². The van der Waals surface area contributed by atoms with Crippen LogP contribution in [0.4, 0.5) is 0 Å². The van der Waals surface area contributed by atoms with E-state index < -0.39 is 5.91 Å². The molecule has 0 radical (unpaired) electrons. The molecular formula is C17H16BrN3O2. The van der Waals surface area contributed by atoms with Gasteiger partial charge in [0.15, 0.2) is 0 Å². The van der Waals surface area contributed by atoms with Crippen molar-refractivity contribution in [3.63, 3.8) is 0 Å². The molecule has 0 heterocycles. The molecule has 2 amide bonds. The van der Waals surface area contributed by atoms with Crippen LogP contribution in [0.5, 0.6) is 0 Å². The standard InChI is InChI=1S/C17H16BrN3O2/c1-12-6-2-4-8-14(12)17(23)19-11-16(22)21-20-10-13-7-3-5-9-15(13)18/h2-10H,11H2,1H3,(H,19,23)(H,21,22)/b20-10+. The van der Waals surface area contributed by atoms with Crippen molar-refractivity contribution < 1.29 is 9.59 Å². The van der Waals surface area contributed by atoms with Gasteiger partial charge in [0, 0.05) is 15.6 Å². The van der Waals surface area contributed by atoms with Crippen LogP contribution >= 0.6 is 15.9 Å². The number of aryl methyl sites for hydroxylation is 1. The molecule has 2 aromatic rings. The molecule has 0 aliphatic rings. The Bertz CT molecular complexity index is 744. The Balaban J connectivity index is 1.83. The summed E-state index contributed by atoms with van der Waals surface area (Å²) >= 11 is 3.38. The SMILES string of the molecule is Cc1ccccc1C(=O)NCC(=O)N/N=C/c1ccccc1Br. The predicted molar refractivity (Wildman–Crippen MR) is 93.4 cm³/mol. The van der Waals surface area contributed by atoms with E-state index in [2.05, 4.69) is 31.8 Å². The Morgan fingerprint density at radius 3 is 2.57 bits per heavy atom. The number of amides is 2. The molecule has 0 atom stereocenters. The molecule has 0 saturated heterocycles. The zero-order chi connectivity index (χ0) is 16.7. The molecule has 118 valence electrons. The maximum Gasteiger partial charge on any atom is 0.259 e. The van der Waals surface area contributed by atoms with Crippen LogP contribution in [-0.4, -0.2) is 24.6 Å². The largest absolute Gasteiger partial charge is 0.343 e. The number of hydrogen-bond acceptors (Lipinski definition) is 3. The fourth-order valence-electron chi connectivity index (χ4n) is 1.88. The van der Waals surface area contributed by atoms with E-state index >= 15 is 0 Å². The zero-order valence-corrected chi connectivity index (χ0v) is 14.1. The molecule has 0 saturated carbocycles. The van der Waals surface area contributed by atoms with Crippen LogP contribution in [0.2, 0.25) is 0 Å². The minimum Gasteiger partial charge on any atom is -0.343 e. The average molecular weight is 374 g/mol. The summed E-state index contributed by atoms with van der Waals surface area (Å²) < 4.78 is 0.880. The van der Waals surface area contributed by atoms with Gasteiger partial charge in [0.2, 0.25) is 0 Å². The highest BCUT2D eigenvalue weighted by Crippen LogP contribution is 2.13. The molecular weight excluding hydrogens is 358 g/mol. The topological polar surface area (TPSA) is 70.6 Å². The maximum atomic E-state index is 12.0. The molecule has 0 aromatic heterocycles. The third-order valence-electron chi connectivity index (χ3n) is 3.10. The number of rotatable bonds is 5. The van der Waals surface area contributed by atoms with Gasteiger partial charge in [-0.05, 0) is 24.6 Å². The number of nitrogens with one attached hydrogen (secondary N) is 2. The lowest BCUT2D eigenvalue weighted by Crippen LogP contribution is -2.35. The first-order valence-electron chi connectivity index (χ1n) is 6.98. The quantitative estimate of drug-likeness (QED) is 0.624. The molecule has 0 aliphatic heterocycles. The predicted octanol–water partition coefficient (Wildman–Crippen LogP) is 2.64. The third kappa shape index (κ3) is 5.03. The van der Waals surface area contributed by atoms with E-state index in [1.807, 2.05) is 43.3 Å². The third-order valence-corrected chi connectivity index (χ3v) is 3.82. The molecule has 0 spiro atoms. The van der Waals surface area contributed by atoms with Crippen LogP contribution in [0.25, 0.3) is 0 Å². The molecule has 0 unspecified atom stereocenters. The van der Waals surface area contributed by atoms with Gasteiger partial charge in [-0.2, -0.15) is 5.10 Å². The summed E-state index contributed by atoms with van der Waals surface area (Å²) in [7, 11) is 0. The van der Waals surface area contributed by atoms with Gasteiger partial charge in [0.05, 0.1) is 12.8 Å². The van der Waals surface area contributed by atoms with E-state index in [9.17, 15) is 9.59 Å². The van der Waals surface area contributed by atoms with Crippen LogP contribution in [0.1, 0.15) is 21.5 Å². The molecule has 6 heteroatoms. The van der Waals surface area contributed by atoms with Gasteiger partial charge in [-0.25, -0.2) is 5.43 Å². The fraction of sp³-hybridized carbons (Fsp3) is 0.118. The summed E-state index contributed by atoms with van der Waals surface area (Å²) in [6.07, 6.45) is 1.53. The monoisotopic (exact) mass is 373 g/mol. The highest BCUT2D eigenvalue weighted by Gasteiger charge is 2.09. The molecule has 23 heavy (non-hydrogen) atoms. The summed E-state index contributed by atoms with van der Waals surface area (Å²) in [5.41, 5.74) is 4.63. The van der Waals surface area contributed by atoms with E-state index in [4.69, 9.17) is 0 Å². The Morgan fingerprint density at radius 2 is 1.83 bits per heavy atom. The minimum absolute atomic E-state index is 0.138. The maximum absolute atomic E-state index is 12.0. The molecule has 0 fully saturated rings. The van der Waals surface area contributed by atoms with Gasteiger partial charge in [-0.1, -0.05) is 52.3 Å². The van der Waals surface area contributed by atoms with Gasteiger partial charge in [0.1, 0.15) is 0 Å². The van der Waals surface area contributed by atoms with Crippen LogP contribution < -0.4 is 10.7 Å². The highest BCUT2D eigenvalue weighted by atomic mass is 79.9. The normalized spacial score (nSPS) is 10.5. The number of halogens is 1. The Morgan fingerprint density at radius 1 is 1.13 bits per heavy atom. The smallest absolute Gasteiger partial charge is 0.259 e. The van der Waals surface area contributed by atoms with Gasteiger partial charge in [0.25, 0.3) is 11.8 Å². The molecule has 0 bridgehead atoms. The van der Waals surface area contributed by atoms with Gasteiger partial charge in [-0.15, -0.1) is 0 Å². The molecule has 5 nitrogen and oxygen atoms in total. The second kappa shape index (κ2) is 8.24. The van der Waals surface area contributed by atoms with Gasteiger partial charge in [-0.3, -0.25) is 9.59 Å². The van der Waals surface area contributed by atoms with E-state index in [0.29, 0.717) is 5.56 Å². The fourth-order valence-corrected chi connectivity index (χ4v) is 2.26. The number of hydrogen-bond donors (Lipinski definition) is 2. The van der Waals surface area contributed by atoms with E-state index in [1.165, 1.54) is 6.21 Å². The van der Waals surface area contributed by atoms with E-state index in [1.54, 1.807) is 12.1 Å². The zero-order valence-electron chi connectivity index (χ0n) is 12.5. The lowest BCUT2D eigenvalue weighted by Gasteiger charge is -2.06. The summed E-state index contributed by atoms with van der Waals surface area (Å²) in [5, 5.41) is 6.43. The first-order valence-corrected chi connectivity index (χ1v) is 7.77. The van der Waals surface area contributed by atoms with E-state index in [-0.39, 0.29) is 12.5 Å². The Labute approximate surface area is 142 Å². The Kier molecular flexibility index (Phi) is 6.05.